The van der Waals surface area contributed by atoms with E-state index < -0.39 is 15.8 Å². The number of aromatic nitrogens is 3. The Hall–Kier alpha value is -1.80. The second-order valence-corrected chi connectivity index (χ2v) is 5.33. The maximum atomic E-state index is 13.4. The standard InChI is InChI=1S/C10H11FN4O2S/c1-6-3-4-7(5-8(6)11)9-13-14-10(15(9)2)18(12,16)17/h3-5H,1-2H3,(H2,12,16,17). The summed E-state index contributed by atoms with van der Waals surface area (Å²) in [4.78, 5) is 0. The molecule has 0 radical (unpaired) electrons. The van der Waals surface area contributed by atoms with Crippen molar-refractivity contribution in [2.45, 2.75) is 12.1 Å². The summed E-state index contributed by atoms with van der Waals surface area (Å²) in [7, 11) is -2.49. The van der Waals surface area contributed by atoms with Gasteiger partial charge in [-0.15, -0.1) is 10.2 Å². The molecular formula is C10H11FN4O2S. The van der Waals surface area contributed by atoms with Crippen LogP contribution in [-0.4, -0.2) is 23.2 Å². The third-order valence-corrected chi connectivity index (χ3v) is 3.38. The molecule has 1 heterocycles. The molecule has 0 unspecified atom stereocenters. The minimum atomic E-state index is -3.94. The zero-order valence-electron chi connectivity index (χ0n) is 9.75. The summed E-state index contributed by atoms with van der Waals surface area (Å²) in [6.45, 7) is 1.63. The molecule has 2 aromatic rings. The highest BCUT2D eigenvalue weighted by atomic mass is 32.2. The predicted molar refractivity (Wildman–Crippen MR) is 62.5 cm³/mol. The first-order valence-corrected chi connectivity index (χ1v) is 6.54. The Morgan fingerprint density at radius 1 is 1.33 bits per heavy atom. The molecule has 0 spiro atoms. The molecule has 8 heteroatoms. The first-order valence-electron chi connectivity index (χ1n) is 4.99. The molecular weight excluding hydrogens is 259 g/mol. The van der Waals surface area contributed by atoms with Gasteiger partial charge >= 0.3 is 0 Å². The normalized spacial score (nSPS) is 11.8. The molecule has 18 heavy (non-hydrogen) atoms. The van der Waals surface area contributed by atoms with E-state index in [-0.39, 0.29) is 11.0 Å². The van der Waals surface area contributed by atoms with Crippen molar-refractivity contribution in [2.24, 2.45) is 12.2 Å². The Balaban J connectivity index is 2.59. The van der Waals surface area contributed by atoms with Gasteiger partial charge in [0.15, 0.2) is 5.82 Å². The molecule has 2 N–H and O–H groups in total. The Morgan fingerprint density at radius 2 is 2.00 bits per heavy atom. The fraction of sp³-hybridized carbons (Fsp3) is 0.200. The summed E-state index contributed by atoms with van der Waals surface area (Å²) in [6.07, 6.45) is 0. The first-order chi connectivity index (χ1) is 8.30. The second-order valence-electron chi connectivity index (χ2n) is 3.87. The van der Waals surface area contributed by atoms with Gasteiger partial charge in [0.05, 0.1) is 0 Å². The van der Waals surface area contributed by atoms with Gasteiger partial charge < -0.3 is 0 Å². The summed E-state index contributed by atoms with van der Waals surface area (Å²) in [5.74, 6) is -0.161. The van der Waals surface area contributed by atoms with Crippen molar-refractivity contribution in [3.63, 3.8) is 0 Å². The number of nitrogens with two attached hydrogens (primary N) is 1. The summed E-state index contributed by atoms with van der Waals surface area (Å²) in [6, 6.07) is 4.48. The molecule has 1 aromatic heterocycles. The molecule has 6 nitrogen and oxygen atoms in total. The highest BCUT2D eigenvalue weighted by molar-refractivity contribution is 7.89. The number of nitrogens with zero attached hydrogens (tertiary/aromatic N) is 3. The zero-order chi connectivity index (χ0) is 13.5. The Morgan fingerprint density at radius 3 is 2.50 bits per heavy atom. The largest absolute Gasteiger partial charge is 0.300 e. The van der Waals surface area contributed by atoms with E-state index in [2.05, 4.69) is 10.2 Å². The highest BCUT2D eigenvalue weighted by Gasteiger charge is 2.19. The fourth-order valence-electron chi connectivity index (χ4n) is 1.55. The SMILES string of the molecule is Cc1ccc(-c2nnc(S(N)(=O)=O)n2C)cc1F. The van der Waals surface area contributed by atoms with E-state index in [1.165, 1.54) is 17.7 Å². The van der Waals surface area contributed by atoms with E-state index in [1.54, 1.807) is 19.1 Å². The quantitative estimate of drug-likeness (QED) is 0.864. The minimum Gasteiger partial charge on any atom is -0.300 e. The van der Waals surface area contributed by atoms with E-state index in [1.807, 2.05) is 0 Å². The number of hydrogen-bond acceptors (Lipinski definition) is 4. The van der Waals surface area contributed by atoms with E-state index in [9.17, 15) is 12.8 Å². The highest BCUT2D eigenvalue weighted by Crippen LogP contribution is 2.21. The van der Waals surface area contributed by atoms with Crippen molar-refractivity contribution in [3.8, 4) is 11.4 Å². The number of hydrogen-bond donors (Lipinski definition) is 1. The van der Waals surface area contributed by atoms with Crippen LogP contribution in [-0.2, 0) is 17.1 Å². The van der Waals surface area contributed by atoms with Crippen LogP contribution in [0.15, 0.2) is 23.4 Å². The molecule has 0 atom stereocenters. The number of benzene rings is 1. The molecule has 0 amide bonds. The van der Waals surface area contributed by atoms with Gasteiger partial charge in [0, 0.05) is 12.6 Å². The van der Waals surface area contributed by atoms with Gasteiger partial charge in [-0.25, -0.2) is 17.9 Å². The van der Waals surface area contributed by atoms with E-state index in [0.29, 0.717) is 11.1 Å². The molecule has 0 fully saturated rings. The molecule has 0 saturated heterocycles. The molecule has 96 valence electrons. The van der Waals surface area contributed by atoms with Crippen LogP contribution < -0.4 is 5.14 Å². The average molecular weight is 270 g/mol. The Labute approximate surface area is 103 Å². The summed E-state index contributed by atoms with van der Waals surface area (Å²) < 4.78 is 37.0. The third kappa shape index (κ3) is 2.12. The van der Waals surface area contributed by atoms with Crippen LogP contribution in [0, 0.1) is 12.7 Å². The number of primary sulfonamides is 1. The first kappa shape index (κ1) is 12.7. The van der Waals surface area contributed by atoms with E-state index in [4.69, 9.17) is 5.14 Å². The van der Waals surface area contributed by atoms with Crippen LogP contribution in [0.2, 0.25) is 0 Å². The Kier molecular flexibility index (Phi) is 2.91. The van der Waals surface area contributed by atoms with Crippen molar-refractivity contribution in [3.05, 3.63) is 29.6 Å². The van der Waals surface area contributed by atoms with Crippen molar-refractivity contribution in [1.82, 2.24) is 14.8 Å². The summed E-state index contributed by atoms with van der Waals surface area (Å²) in [5.41, 5.74) is 0.926. The molecule has 0 bridgehead atoms. The van der Waals surface area contributed by atoms with Crippen LogP contribution in [0.1, 0.15) is 5.56 Å². The van der Waals surface area contributed by atoms with Gasteiger partial charge in [-0.05, 0) is 18.6 Å². The second kappa shape index (κ2) is 4.14. The number of halogens is 1. The van der Waals surface area contributed by atoms with Gasteiger partial charge in [-0.1, -0.05) is 12.1 Å². The lowest BCUT2D eigenvalue weighted by Gasteiger charge is -2.03. The lowest BCUT2D eigenvalue weighted by atomic mass is 10.1. The molecule has 0 saturated carbocycles. The molecule has 0 aliphatic rings. The lowest BCUT2D eigenvalue weighted by Crippen LogP contribution is -2.17. The maximum Gasteiger partial charge on any atom is 0.273 e. The monoisotopic (exact) mass is 270 g/mol. The molecule has 2 rings (SSSR count). The average Bonchev–Trinajstić information content (AvgIpc) is 2.64. The number of aryl methyl sites for hydroxylation is 1. The third-order valence-electron chi connectivity index (χ3n) is 2.52. The van der Waals surface area contributed by atoms with Gasteiger partial charge in [0.25, 0.3) is 15.2 Å². The van der Waals surface area contributed by atoms with Gasteiger partial charge in [-0.3, -0.25) is 4.57 Å². The van der Waals surface area contributed by atoms with Crippen LogP contribution in [0.5, 0.6) is 0 Å². The number of sulfonamides is 1. The lowest BCUT2D eigenvalue weighted by molar-refractivity contribution is 0.580. The zero-order valence-corrected chi connectivity index (χ0v) is 10.6. The molecule has 1 aromatic carbocycles. The number of rotatable bonds is 2. The molecule has 0 aliphatic heterocycles. The topological polar surface area (TPSA) is 90.9 Å². The van der Waals surface area contributed by atoms with Crippen LogP contribution in [0.4, 0.5) is 4.39 Å². The maximum absolute atomic E-state index is 13.4. The van der Waals surface area contributed by atoms with Gasteiger partial charge in [0.1, 0.15) is 5.82 Å². The van der Waals surface area contributed by atoms with Crippen molar-refractivity contribution < 1.29 is 12.8 Å². The fourth-order valence-corrected chi connectivity index (χ4v) is 2.17. The molecule has 0 aliphatic carbocycles. The van der Waals surface area contributed by atoms with E-state index in [0.717, 1.165) is 0 Å². The Bertz CT molecular complexity index is 709. The van der Waals surface area contributed by atoms with Crippen molar-refractivity contribution in [2.75, 3.05) is 0 Å². The minimum absolute atomic E-state index is 0.234. The van der Waals surface area contributed by atoms with Crippen LogP contribution in [0.3, 0.4) is 0 Å². The van der Waals surface area contributed by atoms with Crippen molar-refractivity contribution in [1.29, 1.82) is 0 Å². The van der Waals surface area contributed by atoms with Gasteiger partial charge in [0.2, 0.25) is 0 Å². The predicted octanol–water partition coefficient (Wildman–Crippen LogP) is 0.577. The van der Waals surface area contributed by atoms with Crippen LogP contribution >= 0.6 is 0 Å². The summed E-state index contributed by atoms with van der Waals surface area (Å²) in [5, 5.41) is 11.8. The van der Waals surface area contributed by atoms with Gasteiger partial charge in [-0.2, -0.15) is 0 Å². The van der Waals surface area contributed by atoms with Crippen LogP contribution in [0.25, 0.3) is 11.4 Å². The van der Waals surface area contributed by atoms with Crippen molar-refractivity contribution >= 4 is 10.0 Å². The summed E-state index contributed by atoms with van der Waals surface area (Å²) >= 11 is 0. The smallest absolute Gasteiger partial charge is 0.273 e. The van der Waals surface area contributed by atoms with E-state index >= 15 is 0 Å².